The van der Waals surface area contributed by atoms with Crippen molar-refractivity contribution in [1.82, 2.24) is 25.9 Å². The van der Waals surface area contributed by atoms with Crippen molar-refractivity contribution in [1.29, 1.82) is 0 Å². The van der Waals surface area contributed by atoms with Crippen LogP contribution in [0.3, 0.4) is 0 Å². The van der Waals surface area contributed by atoms with Crippen LogP contribution in [-0.4, -0.2) is 26.5 Å². The van der Waals surface area contributed by atoms with Gasteiger partial charge in [0.1, 0.15) is 0 Å². The highest BCUT2D eigenvalue weighted by atomic mass is 16.2. The van der Waals surface area contributed by atoms with Crippen LogP contribution in [0.1, 0.15) is 51.4 Å². The van der Waals surface area contributed by atoms with Crippen molar-refractivity contribution < 1.29 is 4.79 Å². The maximum Gasteiger partial charge on any atom is 0.226 e. The number of tetrazole rings is 1. The molecular weight excluding hydrogens is 206 g/mol. The Morgan fingerprint density at radius 2 is 2.19 bits per heavy atom. The van der Waals surface area contributed by atoms with Crippen LogP contribution in [0.2, 0.25) is 0 Å². The molecule has 1 saturated carbocycles. The van der Waals surface area contributed by atoms with Gasteiger partial charge in [0.05, 0.1) is 6.04 Å². The van der Waals surface area contributed by atoms with Gasteiger partial charge in [0.25, 0.3) is 0 Å². The van der Waals surface area contributed by atoms with E-state index in [0.717, 1.165) is 25.7 Å². The van der Waals surface area contributed by atoms with E-state index in [1.165, 1.54) is 0 Å². The molecule has 2 rings (SSSR count). The van der Waals surface area contributed by atoms with E-state index in [1.807, 2.05) is 13.8 Å². The fraction of sp³-hybridized carbons (Fsp3) is 0.800. The molecule has 0 saturated heterocycles. The minimum atomic E-state index is -0.210. The number of nitrogens with one attached hydrogen (secondary N) is 2. The highest BCUT2D eigenvalue weighted by Gasteiger charge is 2.36. The van der Waals surface area contributed by atoms with E-state index in [9.17, 15) is 4.79 Å². The zero-order valence-corrected chi connectivity index (χ0v) is 9.66. The number of H-pyrrole nitrogens is 1. The summed E-state index contributed by atoms with van der Waals surface area (Å²) in [5.74, 6) is 0.622. The molecule has 1 aromatic rings. The SMILES string of the molecule is CC(NC(=O)C1(C)CCCC1)c1nn[nH]n1. The third kappa shape index (κ3) is 2.05. The van der Waals surface area contributed by atoms with Crippen LogP contribution in [0.4, 0.5) is 0 Å². The zero-order chi connectivity index (χ0) is 11.6. The Balaban J connectivity index is 1.97. The number of hydrogen-bond donors (Lipinski definition) is 2. The molecule has 16 heavy (non-hydrogen) atoms. The second-order valence-electron chi connectivity index (χ2n) is 4.73. The van der Waals surface area contributed by atoms with Crippen LogP contribution >= 0.6 is 0 Å². The lowest BCUT2D eigenvalue weighted by atomic mass is 9.87. The van der Waals surface area contributed by atoms with Gasteiger partial charge in [-0.05, 0) is 19.8 Å². The Labute approximate surface area is 94.2 Å². The molecule has 1 heterocycles. The quantitative estimate of drug-likeness (QED) is 0.799. The van der Waals surface area contributed by atoms with Crippen molar-refractivity contribution in [3.8, 4) is 0 Å². The minimum absolute atomic E-state index is 0.0994. The largest absolute Gasteiger partial charge is 0.346 e. The first-order valence-corrected chi connectivity index (χ1v) is 5.66. The Morgan fingerprint density at radius 3 is 2.75 bits per heavy atom. The molecule has 1 amide bonds. The summed E-state index contributed by atoms with van der Waals surface area (Å²) in [7, 11) is 0. The number of carbonyl (C=O) groups excluding carboxylic acids is 1. The van der Waals surface area contributed by atoms with Gasteiger partial charge in [0.15, 0.2) is 5.82 Å². The summed E-state index contributed by atoms with van der Waals surface area (Å²) in [5.41, 5.74) is -0.210. The average Bonchev–Trinajstić information content (AvgIpc) is 2.88. The molecule has 1 atom stereocenters. The van der Waals surface area contributed by atoms with E-state index >= 15 is 0 Å². The number of carbonyl (C=O) groups is 1. The number of amides is 1. The van der Waals surface area contributed by atoms with Gasteiger partial charge in [-0.15, -0.1) is 10.2 Å². The van der Waals surface area contributed by atoms with Crippen molar-refractivity contribution in [3.63, 3.8) is 0 Å². The Kier molecular flexibility index (Phi) is 2.89. The van der Waals surface area contributed by atoms with Crippen LogP contribution < -0.4 is 5.32 Å². The normalized spacial score (nSPS) is 20.6. The molecular formula is C10H17N5O. The lowest BCUT2D eigenvalue weighted by molar-refractivity contribution is -0.130. The fourth-order valence-electron chi connectivity index (χ4n) is 2.17. The van der Waals surface area contributed by atoms with E-state index in [4.69, 9.17) is 0 Å². The van der Waals surface area contributed by atoms with E-state index in [-0.39, 0.29) is 17.4 Å². The first-order chi connectivity index (χ1) is 7.62. The fourth-order valence-corrected chi connectivity index (χ4v) is 2.17. The summed E-state index contributed by atoms with van der Waals surface area (Å²) < 4.78 is 0. The molecule has 0 bridgehead atoms. The second kappa shape index (κ2) is 4.19. The van der Waals surface area contributed by atoms with Crippen molar-refractivity contribution in [2.45, 2.75) is 45.6 Å². The van der Waals surface area contributed by atoms with Gasteiger partial charge in [-0.1, -0.05) is 25.0 Å². The first-order valence-electron chi connectivity index (χ1n) is 5.66. The van der Waals surface area contributed by atoms with E-state index in [0.29, 0.717) is 5.82 Å². The molecule has 1 aliphatic carbocycles. The van der Waals surface area contributed by atoms with Crippen molar-refractivity contribution in [2.75, 3.05) is 0 Å². The standard InChI is InChI=1S/C10H17N5O/c1-7(8-12-14-15-13-8)11-9(16)10(2)5-3-4-6-10/h7H,3-6H2,1-2H3,(H,11,16)(H,12,13,14,15). The topological polar surface area (TPSA) is 83.6 Å². The molecule has 88 valence electrons. The number of aromatic nitrogens is 4. The maximum atomic E-state index is 12.1. The number of rotatable bonds is 3. The van der Waals surface area contributed by atoms with Gasteiger partial charge in [0.2, 0.25) is 5.91 Å². The van der Waals surface area contributed by atoms with Gasteiger partial charge in [-0.25, -0.2) is 0 Å². The number of nitrogens with zero attached hydrogens (tertiary/aromatic N) is 3. The lowest BCUT2D eigenvalue weighted by Gasteiger charge is -2.23. The molecule has 1 aliphatic rings. The van der Waals surface area contributed by atoms with Crippen LogP contribution in [0.15, 0.2) is 0 Å². The summed E-state index contributed by atoms with van der Waals surface area (Å²) in [6, 6.07) is -0.191. The summed E-state index contributed by atoms with van der Waals surface area (Å²) >= 11 is 0. The second-order valence-corrected chi connectivity index (χ2v) is 4.73. The molecule has 1 aromatic heterocycles. The molecule has 1 unspecified atom stereocenters. The Hall–Kier alpha value is -1.46. The smallest absolute Gasteiger partial charge is 0.226 e. The molecule has 0 radical (unpaired) electrons. The van der Waals surface area contributed by atoms with E-state index in [1.54, 1.807) is 0 Å². The summed E-state index contributed by atoms with van der Waals surface area (Å²) in [6.07, 6.45) is 4.22. The molecule has 6 heteroatoms. The molecule has 2 N–H and O–H groups in total. The van der Waals surface area contributed by atoms with Gasteiger partial charge in [-0.3, -0.25) is 4.79 Å². The van der Waals surface area contributed by atoms with Crippen molar-refractivity contribution >= 4 is 5.91 Å². The summed E-state index contributed by atoms with van der Waals surface area (Å²) in [5, 5.41) is 16.5. The van der Waals surface area contributed by atoms with Crippen LogP contribution in [0.25, 0.3) is 0 Å². The average molecular weight is 223 g/mol. The zero-order valence-electron chi connectivity index (χ0n) is 9.66. The summed E-state index contributed by atoms with van der Waals surface area (Å²) in [6.45, 7) is 3.89. The maximum absolute atomic E-state index is 12.1. The van der Waals surface area contributed by atoms with Gasteiger partial charge in [0, 0.05) is 5.41 Å². The number of hydrogen-bond acceptors (Lipinski definition) is 4. The van der Waals surface area contributed by atoms with Gasteiger partial charge >= 0.3 is 0 Å². The minimum Gasteiger partial charge on any atom is -0.346 e. The molecule has 0 aliphatic heterocycles. The predicted octanol–water partition coefficient (Wildman–Crippen LogP) is 0.957. The van der Waals surface area contributed by atoms with Gasteiger partial charge < -0.3 is 5.32 Å². The third-order valence-electron chi connectivity index (χ3n) is 3.35. The predicted molar refractivity (Wildman–Crippen MR) is 57.3 cm³/mol. The van der Waals surface area contributed by atoms with Gasteiger partial charge in [-0.2, -0.15) is 5.21 Å². The van der Waals surface area contributed by atoms with Crippen molar-refractivity contribution in [3.05, 3.63) is 5.82 Å². The molecule has 1 fully saturated rings. The van der Waals surface area contributed by atoms with E-state index < -0.39 is 0 Å². The Morgan fingerprint density at radius 1 is 1.50 bits per heavy atom. The van der Waals surface area contributed by atoms with Crippen LogP contribution in [0, 0.1) is 5.41 Å². The number of aromatic amines is 1. The highest BCUT2D eigenvalue weighted by Crippen LogP contribution is 2.37. The third-order valence-corrected chi connectivity index (χ3v) is 3.35. The summed E-state index contributed by atoms with van der Waals surface area (Å²) in [4.78, 5) is 12.1. The van der Waals surface area contributed by atoms with Crippen LogP contribution in [0.5, 0.6) is 0 Å². The Bertz CT molecular complexity index is 355. The van der Waals surface area contributed by atoms with Crippen molar-refractivity contribution in [2.24, 2.45) is 5.41 Å². The first kappa shape index (κ1) is 11.0. The van der Waals surface area contributed by atoms with Crippen LogP contribution in [-0.2, 0) is 4.79 Å². The highest BCUT2D eigenvalue weighted by molar-refractivity contribution is 5.82. The lowest BCUT2D eigenvalue weighted by Crippen LogP contribution is -2.38. The molecule has 0 spiro atoms. The monoisotopic (exact) mass is 223 g/mol. The molecule has 6 nitrogen and oxygen atoms in total. The van der Waals surface area contributed by atoms with E-state index in [2.05, 4.69) is 25.9 Å². The molecule has 0 aromatic carbocycles.